The second kappa shape index (κ2) is 30.9. The molecule has 0 atom stereocenters. The Hall–Kier alpha value is -0.255. The summed E-state index contributed by atoms with van der Waals surface area (Å²) in [7, 11) is 0. The van der Waals surface area contributed by atoms with Crippen molar-refractivity contribution < 1.29 is 18.8 Å². The number of rotatable bonds is 3. The van der Waals surface area contributed by atoms with Crippen molar-refractivity contribution in [1.82, 2.24) is 4.90 Å². The Morgan fingerprint density at radius 3 is 0.833 bits per heavy atom. The van der Waals surface area contributed by atoms with E-state index in [9.17, 15) is 0 Å². The minimum absolute atomic E-state index is 0. The predicted molar refractivity (Wildman–Crippen MR) is 49.2 cm³/mol. The van der Waals surface area contributed by atoms with E-state index in [1.807, 2.05) is 0 Å². The van der Waals surface area contributed by atoms with E-state index in [1.54, 1.807) is 0 Å². The molecule has 0 fully saturated rings. The maximum Gasteiger partial charge on any atom is 0 e. The Balaban J connectivity index is -0.0000000180. The van der Waals surface area contributed by atoms with Crippen LogP contribution in [0.15, 0.2) is 0 Å². The van der Waals surface area contributed by atoms with Gasteiger partial charge < -0.3 is 4.90 Å². The quantitative estimate of drug-likeness (QED) is 0.484. The molecule has 0 spiro atoms. The summed E-state index contributed by atoms with van der Waals surface area (Å²) in [5.41, 5.74) is 0. The first-order valence-corrected chi connectivity index (χ1v) is 3.07. The molecule has 0 aromatic heterocycles. The molecule has 0 bridgehead atoms. The fourth-order valence-electron chi connectivity index (χ4n) is 0.671. The molecular weight excluding hydrogens is 173 g/mol. The van der Waals surface area contributed by atoms with E-state index in [2.05, 4.69) is 25.7 Å². The van der Waals surface area contributed by atoms with E-state index in [-0.39, 0.29) is 27.2 Å². The Bertz CT molecular complexity index is 41.0. The van der Waals surface area contributed by atoms with Crippen LogP contribution < -0.4 is 0 Å². The van der Waals surface area contributed by atoms with Gasteiger partial charge in [-0.15, -0.1) is 0 Å². The molecule has 12 heavy (non-hydrogen) atoms. The summed E-state index contributed by atoms with van der Waals surface area (Å²) in [5.74, 6) is 0. The van der Waals surface area contributed by atoms with E-state index in [0.29, 0.717) is 0 Å². The zero-order chi connectivity index (χ0) is 5.70. The monoisotopic (exact) mass is 192 g/mol. The normalized spacial score (nSPS) is 6.00. The summed E-state index contributed by atoms with van der Waals surface area (Å²) in [6.07, 6.45) is 0. The van der Waals surface area contributed by atoms with Gasteiger partial charge in [0.05, 0.1) is 0 Å². The molecular formula is C6H19BF4N. The molecule has 0 saturated heterocycles. The van der Waals surface area contributed by atoms with Gasteiger partial charge >= 0.3 is 0 Å². The first-order chi connectivity index (χ1) is 3.35. The molecule has 0 unspecified atom stereocenters. The summed E-state index contributed by atoms with van der Waals surface area (Å²) in [6.45, 7) is 10.1. The van der Waals surface area contributed by atoms with Crippen LogP contribution in [0, 0.1) is 0 Å². The standard InChI is InChI=1S/C6H15N.B.4FH/c1-4-7(5-2)6-3;;;;;/h4-6H2,1-3H3;;4*1H. The molecule has 0 rings (SSSR count). The van der Waals surface area contributed by atoms with Crippen LogP contribution >= 0.6 is 0 Å². The van der Waals surface area contributed by atoms with Gasteiger partial charge in [0.25, 0.3) is 0 Å². The molecule has 0 aliphatic rings. The fraction of sp³-hybridized carbons (Fsp3) is 1.00. The third-order valence-corrected chi connectivity index (χ3v) is 1.34. The molecule has 0 saturated carbocycles. The molecule has 0 aliphatic carbocycles. The first-order valence-electron chi connectivity index (χ1n) is 3.07. The molecule has 1 nitrogen and oxygen atoms in total. The molecule has 3 radical (unpaired) electrons. The molecule has 79 valence electrons. The van der Waals surface area contributed by atoms with E-state index >= 15 is 0 Å². The Morgan fingerprint density at radius 1 is 0.667 bits per heavy atom. The van der Waals surface area contributed by atoms with Crippen molar-refractivity contribution in [3.63, 3.8) is 0 Å². The van der Waals surface area contributed by atoms with Crippen LogP contribution in [0.5, 0.6) is 0 Å². The zero-order valence-electron chi connectivity index (χ0n) is 7.78. The number of halogens is 4. The predicted octanol–water partition coefficient (Wildman–Crippen LogP) is 1.58. The lowest BCUT2D eigenvalue weighted by atomic mass is 10.5. The van der Waals surface area contributed by atoms with Crippen LogP contribution in [-0.2, 0) is 0 Å². The first kappa shape index (κ1) is 41.1. The Labute approximate surface area is 73.6 Å². The summed E-state index contributed by atoms with van der Waals surface area (Å²) in [5, 5.41) is 0. The highest BCUT2D eigenvalue weighted by molar-refractivity contribution is 5.75. The third kappa shape index (κ3) is 22.6. The summed E-state index contributed by atoms with van der Waals surface area (Å²) in [4.78, 5) is 2.38. The van der Waals surface area contributed by atoms with Gasteiger partial charge in [-0.1, -0.05) is 20.8 Å². The Morgan fingerprint density at radius 2 is 0.833 bits per heavy atom. The smallest absolute Gasteiger partial charge is 0 e. The maximum atomic E-state index is 2.38. The van der Waals surface area contributed by atoms with Crippen molar-refractivity contribution in [1.29, 1.82) is 0 Å². The SMILES string of the molecule is CCN(CC)CC.F.F.F.F.[B]. The molecule has 6 heteroatoms. The van der Waals surface area contributed by atoms with Gasteiger partial charge in [-0.2, -0.15) is 0 Å². The molecule has 0 aromatic carbocycles. The topological polar surface area (TPSA) is 3.24 Å². The van der Waals surface area contributed by atoms with Crippen LogP contribution in [0.3, 0.4) is 0 Å². The lowest BCUT2D eigenvalue weighted by Gasteiger charge is -2.13. The second-order valence-electron chi connectivity index (χ2n) is 1.62. The highest BCUT2D eigenvalue weighted by Crippen LogP contribution is 1.81. The molecule has 0 heterocycles. The van der Waals surface area contributed by atoms with Crippen molar-refractivity contribution in [2.24, 2.45) is 0 Å². The van der Waals surface area contributed by atoms with E-state index < -0.39 is 0 Å². The van der Waals surface area contributed by atoms with Crippen LogP contribution in [0.25, 0.3) is 0 Å². The van der Waals surface area contributed by atoms with Crippen LogP contribution in [0.1, 0.15) is 20.8 Å². The zero-order valence-corrected chi connectivity index (χ0v) is 7.78. The number of hydrogen-bond acceptors (Lipinski definition) is 1. The Kier molecular flexibility index (Phi) is 106. The second-order valence-corrected chi connectivity index (χ2v) is 1.62. The van der Waals surface area contributed by atoms with Gasteiger partial charge in [-0.3, -0.25) is 18.8 Å². The summed E-state index contributed by atoms with van der Waals surface area (Å²) < 4.78 is 0. The lowest BCUT2D eigenvalue weighted by Crippen LogP contribution is -2.21. The van der Waals surface area contributed by atoms with Crippen molar-refractivity contribution in [2.45, 2.75) is 20.8 Å². The molecule has 0 aliphatic heterocycles. The number of hydrogen-bond donors (Lipinski definition) is 0. The van der Waals surface area contributed by atoms with E-state index in [4.69, 9.17) is 0 Å². The minimum atomic E-state index is 0. The van der Waals surface area contributed by atoms with Gasteiger partial charge in [0.15, 0.2) is 0 Å². The van der Waals surface area contributed by atoms with Crippen LogP contribution in [0.4, 0.5) is 18.8 Å². The van der Waals surface area contributed by atoms with Gasteiger partial charge in [0, 0.05) is 8.41 Å². The largest absolute Gasteiger partial charge is 0.304 e. The molecule has 0 N–H and O–H groups in total. The third-order valence-electron chi connectivity index (χ3n) is 1.34. The van der Waals surface area contributed by atoms with Gasteiger partial charge in [0.2, 0.25) is 0 Å². The average molecular weight is 192 g/mol. The molecule has 0 aromatic rings. The van der Waals surface area contributed by atoms with Crippen molar-refractivity contribution >= 4 is 8.41 Å². The van der Waals surface area contributed by atoms with Crippen molar-refractivity contribution in [3.05, 3.63) is 0 Å². The van der Waals surface area contributed by atoms with E-state index in [0.717, 1.165) is 0 Å². The fourth-order valence-corrected chi connectivity index (χ4v) is 0.671. The molecule has 0 amide bonds. The van der Waals surface area contributed by atoms with Gasteiger partial charge in [-0.05, 0) is 19.6 Å². The maximum absolute atomic E-state index is 2.38. The number of nitrogens with zero attached hydrogens (tertiary/aromatic N) is 1. The highest BCUT2D eigenvalue weighted by atomic mass is 19.0. The van der Waals surface area contributed by atoms with Gasteiger partial charge in [0.1, 0.15) is 0 Å². The van der Waals surface area contributed by atoms with Crippen molar-refractivity contribution in [2.75, 3.05) is 19.6 Å². The summed E-state index contributed by atoms with van der Waals surface area (Å²) >= 11 is 0. The van der Waals surface area contributed by atoms with E-state index in [1.165, 1.54) is 19.6 Å². The highest BCUT2D eigenvalue weighted by Gasteiger charge is 1.89. The lowest BCUT2D eigenvalue weighted by molar-refractivity contribution is 0.321. The van der Waals surface area contributed by atoms with Gasteiger partial charge in [-0.25, -0.2) is 0 Å². The van der Waals surface area contributed by atoms with Crippen molar-refractivity contribution in [3.8, 4) is 0 Å². The minimum Gasteiger partial charge on any atom is -0.304 e. The average Bonchev–Trinajstić information content (AvgIpc) is 1.72. The van der Waals surface area contributed by atoms with Crippen LogP contribution in [0.2, 0.25) is 0 Å². The summed E-state index contributed by atoms with van der Waals surface area (Å²) in [6, 6.07) is 0. The van der Waals surface area contributed by atoms with Crippen LogP contribution in [-0.4, -0.2) is 32.9 Å².